The number of nitrogens with zero attached hydrogens (tertiary/aromatic N) is 1. The summed E-state index contributed by atoms with van der Waals surface area (Å²) in [7, 11) is -6.12. The molecule has 116 valence electrons. The smallest absolute Gasteiger partial charge is 0.534 e. The SMILES string of the molecule is Cc1cc([N+](=O)[O-])cc(C(=O)[O-])c1OS(=O)(=O)C(F)(F)F. The molecule has 0 unspecified atom stereocenters. The fraction of sp³-hybridized carbons (Fsp3) is 0.222. The molecule has 1 aromatic carbocycles. The molecule has 0 spiro atoms. The Morgan fingerprint density at radius 2 is 1.86 bits per heavy atom. The summed E-state index contributed by atoms with van der Waals surface area (Å²) >= 11 is 0. The van der Waals surface area contributed by atoms with Crippen molar-refractivity contribution in [3.05, 3.63) is 33.4 Å². The molecule has 12 heteroatoms. The van der Waals surface area contributed by atoms with E-state index in [2.05, 4.69) is 4.18 Å². The van der Waals surface area contributed by atoms with E-state index in [-0.39, 0.29) is 0 Å². The Labute approximate surface area is 115 Å². The number of aryl methyl sites for hydroxylation is 1. The Bertz CT molecular complexity index is 711. The molecule has 0 saturated heterocycles. The van der Waals surface area contributed by atoms with Crippen molar-refractivity contribution in [1.82, 2.24) is 0 Å². The molecule has 0 aliphatic carbocycles. The summed E-state index contributed by atoms with van der Waals surface area (Å²) in [4.78, 5) is 20.3. The van der Waals surface area contributed by atoms with Gasteiger partial charge < -0.3 is 14.1 Å². The number of hydrogen-bond acceptors (Lipinski definition) is 7. The van der Waals surface area contributed by atoms with Gasteiger partial charge in [-0.2, -0.15) is 21.6 Å². The van der Waals surface area contributed by atoms with Gasteiger partial charge in [0.25, 0.3) is 5.69 Å². The maximum Gasteiger partial charge on any atom is 0.534 e. The lowest BCUT2D eigenvalue weighted by molar-refractivity contribution is -0.385. The Hall–Kier alpha value is -2.37. The van der Waals surface area contributed by atoms with Crippen LogP contribution in [0.2, 0.25) is 0 Å². The molecular formula is C9H5F3NO7S-. The van der Waals surface area contributed by atoms with Gasteiger partial charge in [-0.15, -0.1) is 0 Å². The molecule has 0 aromatic heterocycles. The number of nitro groups is 1. The van der Waals surface area contributed by atoms with Crippen molar-refractivity contribution in [2.24, 2.45) is 0 Å². The molecule has 1 rings (SSSR count). The standard InChI is InChI=1S/C9H6F3NO7S/c1-4-2-5(13(16)17)3-6(8(14)15)7(4)20-21(18,19)9(10,11)12/h2-3H,1H3,(H,14,15)/p-1. The van der Waals surface area contributed by atoms with Gasteiger partial charge in [0.05, 0.1) is 10.9 Å². The van der Waals surface area contributed by atoms with Crippen LogP contribution in [0, 0.1) is 17.0 Å². The highest BCUT2D eigenvalue weighted by Crippen LogP contribution is 2.33. The topological polar surface area (TPSA) is 127 Å². The summed E-state index contributed by atoms with van der Waals surface area (Å²) in [5.41, 5.74) is -8.24. The van der Waals surface area contributed by atoms with Gasteiger partial charge in [-0.25, -0.2) is 0 Å². The molecular weight excluding hydrogens is 323 g/mol. The fourth-order valence-corrected chi connectivity index (χ4v) is 1.81. The molecule has 1 aromatic rings. The molecule has 0 radical (unpaired) electrons. The van der Waals surface area contributed by atoms with E-state index in [9.17, 15) is 41.6 Å². The van der Waals surface area contributed by atoms with Gasteiger partial charge in [-0.3, -0.25) is 10.1 Å². The van der Waals surface area contributed by atoms with E-state index in [0.717, 1.165) is 6.92 Å². The lowest BCUT2D eigenvalue weighted by atomic mass is 10.1. The molecule has 0 fully saturated rings. The number of aromatic carboxylic acids is 1. The largest absolute Gasteiger partial charge is 0.545 e. The highest BCUT2D eigenvalue weighted by Gasteiger charge is 2.49. The van der Waals surface area contributed by atoms with E-state index in [4.69, 9.17) is 0 Å². The van der Waals surface area contributed by atoms with Crippen LogP contribution in [0.1, 0.15) is 15.9 Å². The van der Waals surface area contributed by atoms with E-state index in [0.29, 0.717) is 12.1 Å². The van der Waals surface area contributed by atoms with Gasteiger partial charge in [-0.05, 0) is 6.92 Å². The third-order valence-corrected chi connectivity index (χ3v) is 3.12. The Kier molecular flexibility index (Phi) is 4.13. The summed E-state index contributed by atoms with van der Waals surface area (Å²) in [6.45, 7) is 0.945. The number of halogens is 3. The zero-order valence-electron chi connectivity index (χ0n) is 10.0. The van der Waals surface area contributed by atoms with E-state index in [1.807, 2.05) is 0 Å². The van der Waals surface area contributed by atoms with Crippen molar-refractivity contribution >= 4 is 21.8 Å². The van der Waals surface area contributed by atoms with Crippen molar-refractivity contribution < 1.29 is 40.6 Å². The molecule has 0 aliphatic rings. The van der Waals surface area contributed by atoms with Gasteiger partial charge in [0.15, 0.2) is 5.75 Å². The average molecular weight is 328 g/mol. The first kappa shape index (κ1) is 16.7. The number of rotatable bonds is 4. The molecule has 0 atom stereocenters. The zero-order valence-corrected chi connectivity index (χ0v) is 10.8. The van der Waals surface area contributed by atoms with Crippen molar-refractivity contribution in [1.29, 1.82) is 0 Å². The first-order valence-electron chi connectivity index (χ1n) is 4.88. The first-order valence-corrected chi connectivity index (χ1v) is 6.29. The monoisotopic (exact) mass is 328 g/mol. The van der Waals surface area contributed by atoms with Crippen molar-refractivity contribution in [3.8, 4) is 5.75 Å². The second-order valence-corrected chi connectivity index (χ2v) is 5.20. The Morgan fingerprint density at radius 1 is 1.33 bits per heavy atom. The second-order valence-electron chi connectivity index (χ2n) is 3.67. The lowest BCUT2D eigenvalue weighted by Gasteiger charge is -2.15. The molecule has 0 amide bonds. The first-order chi connectivity index (χ1) is 9.36. The van der Waals surface area contributed by atoms with Crippen LogP contribution in [-0.4, -0.2) is 24.8 Å². The number of carbonyl (C=O) groups is 1. The summed E-state index contributed by atoms with van der Waals surface area (Å²) in [5, 5.41) is 21.3. The van der Waals surface area contributed by atoms with Crippen molar-refractivity contribution in [2.45, 2.75) is 12.4 Å². The van der Waals surface area contributed by atoms with Crippen LogP contribution in [0.3, 0.4) is 0 Å². The number of carbonyl (C=O) groups excluding carboxylic acids is 1. The van der Waals surface area contributed by atoms with E-state index < -0.39 is 49.1 Å². The molecule has 0 heterocycles. The summed E-state index contributed by atoms with van der Waals surface area (Å²) in [6, 6.07) is 0.997. The minimum absolute atomic E-state index is 0.337. The van der Waals surface area contributed by atoms with Gasteiger partial charge in [0.2, 0.25) is 0 Å². The minimum atomic E-state index is -6.12. The number of non-ortho nitro benzene ring substituents is 1. The van der Waals surface area contributed by atoms with Crippen molar-refractivity contribution in [2.75, 3.05) is 0 Å². The quantitative estimate of drug-likeness (QED) is 0.341. The lowest BCUT2D eigenvalue weighted by Crippen LogP contribution is -2.30. The molecule has 0 saturated carbocycles. The molecule has 0 aliphatic heterocycles. The molecule has 8 nitrogen and oxygen atoms in total. The number of benzene rings is 1. The zero-order chi connectivity index (χ0) is 16.6. The van der Waals surface area contributed by atoms with Crippen LogP contribution in [0.5, 0.6) is 5.75 Å². The maximum atomic E-state index is 12.2. The van der Waals surface area contributed by atoms with Crippen LogP contribution in [0.25, 0.3) is 0 Å². The minimum Gasteiger partial charge on any atom is -0.545 e. The van der Waals surface area contributed by atoms with Gasteiger partial charge >= 0.3 is 15.6 Å². The number of nitro benzene ring substituents is 1. The van der Waals surface area contributed by atoms with Crippen LogP contribution in [0.15, 0.2) is 12.1 Å². The predicted octanol–water partition coefficient (Wildman–Crippen LogP) is 0.495. The van der Waals surface area contributed by atoms with Gasteiger partial charge in [0.1, 0.15) is 0 Å². The molecule has 0 bridgehead atoms. The Balaban J connectivity index is 3.51. The average Bonchev–Trinajstić information content (AvgIpc) is 2.28. The highest BCUT2D eigenvalue weighted by molar-refractivity contribution is 7.88. The maximum absolute atomic E-state index is 12.2. The number of hydrogen-bond donors (Lipinski definition) is 0. The van der Waals surface area contributed by atoms with Gasteiger partial charge in [0, 0.05) is 23.3 Å². The molecule has 21 heavy (non-hydrogen) atoms. The molecule has 0 N–H and O–H groups in total. The van der Waals surface area contributed by atoms with E-state index >= 15 is 0 Å². The summed E-state index contributed by atoms with van der Waals surface area (Å²) in [5.74, 6) is -3.33. The second kappa shape index (κ2) is 5.20. The third-order valence-electron chi connectivity index (χ3n) is 2.17. The number of alkyl halides is 3. The van der Waals surface area contributed by atoms with Crippen LogP contribution in [0.4, 0.5) is 18.9 Å². The summed E-state index contributed by atoms with van der Waals surface area (Å²) in [6.07, 6.45) is 0. The van der Waals surface area contributed by atoms with Crippen molar-refractivity contribution in [3.63, 3.8) is 0 Å². The Morgan fingerprint density at radius 3 is 2.24 bits per heavy atom. The predicted molar refractivity (Wildman–Crippen MR) is 57.8 cm³/mol. The normalized spacial score (nSPS) is 12.0. The highest BCUT2D eigenvalue weighted by atomic mass is 32.2. The van der Waals surface area contributed by atoms with Crippen LogP contribution < -0.4 is 9.29 Å². The van der Waals surface area contributed by atoms with E-state index in [1.54, 1.807) is 0 Å². The van der Waals surface area contributed by atoms with Crippen LogP contribution in [-0.2, 0) is 10.1 Å². The van der Waals surface area contributed by atoms with Crippen LogP contribution >= 0.6 is 0 Å². The number of carboxylic acids is 1. The third kappa shape index (κ3) is 3.39. The summed E-state index contributed by atoms with van der Waals surface area (Å²) < 4.78 is 62.1. The number of carboxylic acid groups (broad SMARTS) is 1. The van der Waals surface area contributed by atoms with Gasteiger partial charge in [-0.1, -0.05) is 0 Å². The fourth-order valence-electron chi connectivity index (χ4n) is 1.28. The van der Waals surface area contributed by atoms with E-state index in [1.165, 1.54) is 0 Å².